The van der Waals surface area contributed by atoms with E-state index in [9.17, 15) is 0 Å². The fourth-order valence-electron chi connectivity index (χ4n) is 5.53. The Balaban J connectivity index is 0.000000288. The molecule has 2 heteroatoms. The Morgan fingerprint density at radius 1 is 0.426 bits per heavy atom. The van der Waals surface area contributed by atoms with Crippen molar-refractivity contribution < 1.29 is 0 Å². The van der Waals surface area contributed by atoms with Crippen molar-refractivity contribution in [2.45, 2.75) is 106 Å². The molecule has 0 heterocycles. The lowest BCUT2D eigenvalue weighted by Gasteiger charge is -2.04. The first-order valence-electron chi connectivity index (χ1n) is 19.4. The number of benzene rings is 5. The molecule has 0 bridgehead atoms. The van der Waals surface area contributed by atoms with E-state index in [-0.39, 0.29) is 0 Å². The molecule has 0 unspecified atom stereocenters. The molecule has 0 N–H and O–H groups in total. The van der Waals surface area contributed by atoms with E-state index in [2.05, 4.69) is 195 Å². The highest BCUT2D eigenvalue weighted by Crippen LogP contribution is 2.24. The second kappa shape index (κ2) is 24.2. The van der Waals surface area contributed by atoms with Gasteiger partial charge in [0.1, 0.15) is 0 Å². The summed E-state index contributed by atoms with van der Waals surface area (Å²) in [5.74, 6) is 16.0. The van der Waals surface area contributed by atoms with E-state index in [4.69, 9.17) is 6.42 Å². The van der Waals surface area contributed by atoms with Crippen molar-refractivity contribution in [3.63, 3.8) is 0 Å². The summed E-state index contributed by atoms with van der Waals surface area (Å²) in [6, 6.07) is 34.1. The molecule has 0 aliphatic rings. The van der Waals surface area contributed by atoms with E-state index in [0.29, 0.717) is 0 Å². The Hall–Kier alpha value is -4.26. The van der Waals surface area contributed by atoms with Crippen LogP contribution in [-0.4, -0.2) is 0 Å². The minimum Gasteiger partial charge on any atom is -0.115 e. The predicted octanol–water partition coefficient (Wildman–Crippen LogP) is 14.6. The van der Waals surface area contributed by atoms with Crippen molar-refractivity contribution in [1.29, 1.82) is 0 Å². The van der Waals surface area contributed by atoms with Gasteiger partial charge in [0.25, 0.3) is 0 Å². The van der Waals surface area contributed by atoms with Gasteiger partial charge < -0.3 is 0 Å². The maximum atomic E-state index is 5.25. The zero-order chi connectivity index (χ0) is 39.3. The van der Waals surface area contributed by atoms with Gasteiger partial charge in [-0.15, -0.1) is 6.42 Å². The Morgan fingerprint density at radius 2 is 0.741 bits per heavy atom. The molecule has 0 radical (unpaired) electrons. The van der Waals surface area contributed by atoms with Crippen molar-refractivity contribution in [2.75, 3.05) is 0 Å². The van der Waals surface area contributed by atoms with Gasteiger partial charge in [-0.3, -0.25) is 0 Å². The lowest BCUT2D eigenvalue weighted by atomic mass is 9.99. The standard InChI is InChI=1S/C32H34.C12H14.C8H8Br2/c1-5-7-9-27-11-15-29(16-12-27)19-21-31-23-26(4)32(24-25(31)3)22-20-30-17-13-28(14-18-30)10-8-6-2;1-3-5-6-12-9-7-11(4-2)8-10-12;1-5-3-8(10)6(2)4-7(5)9/h11-18,23-24H,5-10H2,1-4H3;2,7-10H,3,5-6H2,1H3;3-4H,1-2H3. The second-order valence-electron chi connectivity index (χ2n) is 13.9. The van der Waals surface area contributed by atoms with Crippen LogP contribution >= 0.6 is 31.9 Å². The fraction of sp³-hybridized carbons (Fsp3) is 0.308. The van der Waals surface area contributed by atoms with Gasteiger partial charge in [-0.1, -0.05) is 138 Å². The molecule has 0 saturated heterocycles. The van der Waals surface area contributed by atoms with E-state index >= 15 is 0 Å². The molecular formula is C52H56Br2. The molecule has 5 aromatic carbocycles. The molecule has 0 aromatic heterocycles. The molecule has 0 spiro atoms. The molecule has 5 rings (SSSR count). The summed E-state index contributed by atoms with van der Waals surface area (Å²) >= 11 is 6.92. The Kier molecular flexibility index (Phi) is 19.8. The van der Waals surface area contributed by atoms with Crippen LogP contribution in [0.4, 0.5) is 0 Å². The minimum absolute atomic E-state index is 0.968. The summed E-state index contributed by atoms with van der Waals surface area (Å²) in [5, 5.41) is 0. The van der Waals surface area contributed by atoms with Gasteiger partial charge in [-0.25, -0.2) is 0 Å². The molecule has 0 saturated carbocycles. The third kappa shape index (κ3) is 15.6. The number of rotatable bonds is 9. The van der Waals surface area contributed by atoms with Crippen molar-refractivity contribution in [3.05, 3.63) is 173 Å². The van der Waals surface area contributed by atoms with Crippen LogP contribution in [0.5, 0.6) is 0 Å². The van der Waals surface area contributed by atoms with E-state index in [1.54, 1.807) is 0 Å². The molecule has 0 amide bonds. The van der Waals surface area contributed by atoms with Crippen molar-refractivity contribution in [3.8, 4) is 36.0 Å². The highest BCUT2D eigenvalue weighted by atomic mass is 79.9. The van der Waals surface area contributed by atoms with Gasteiger partial charge in [0.05, 0.1) is 0 Å². The third-order valence-electron chi connectivity index (χ3n) is 9.18. The van der Waals surface area contributed by atoms with Crippen molar-refractivity contribution >= 4 is 31.9 Å². The summed E-state index contributed by atoms with van der Waals surface area (Å²) < 4.78 is 2.35. The number of hydrogen-bond donors (Lipinski definition) is 0. The summed E-state index contributed by atoms with van der Waals surface area (Å²) in [4.78, 5) is 0. The second-order valence-corrected chi connectivity index (χ2v) is 15.6. The molecule has 54 heavy (non-hydrogen) atoms. The molecule has 278 valence electrons. The average Bonchev–Trinajstić information content (AvgIpc) is 3.19. The van der Waals surface area contributed by atoms with Crippen LogP contribution in [0, 0.1) is 63.7 Å². The van der Waals surface area contributed by atoms with Crippen LogP contribution in [0.2, 0.25) is 0 Å². The first-order chi connectivity index (χ1) is 26.1. The largest absolute Gasteiger partial charge is 0.115 e. The first-order valence-corrected chi connectivity index (χ1v) is 21.0. The van der Waals surface area contributed by atoms with E-state index in [1.807, 2.05) is 12.1 Å². The van der Waals surface area contributed by atoms with Crippen LogP contribution in [0.3, 0.4) is 0 Å². The fourth-order valence-corrected chi connectivity index (χ4v) is 6.45. The van der Waals surface area contributed by atoms with E-state index in [0.717, 1.165) is 40.7 Å². The number of hydrogen-bond acceptors (Lipinski definition) is 0. The van der Waals surface area contributed by atoms with E-state index < -0.39 is 0 Å². The zero-order valence-corrected chi connectivity index (χ0v) is 36.6. The van der Waals surface area contributed by atoms with Crippen molar-refractivity contribution in [2.24, 2.45) is 0 Å². The number of aryl methyl sites for hydroxylation is 7. The van der Waals surface area contributed by atoms with Gasteiger partial charge in [-0.2, -0.15) is 0 Å². The lowest BCUT2D eigenvalue weighted by Crippen LogP contribution is -1.90. The topological polar surface area (TPSA) is 0 Å². The van der Waals surface area contributed by atoms with E-state index in [1.165, 1.54) is 92.8 Å². The molecule has 0 atom stereocenters. The maximum absolute atomic E-state index is 5.25. The van der Waals surface area contributed by atoms with Gasteiger partial charge in [0.15, 0.2) is 0 Å². The predicted molar refractivity (Wildman–Crippen MR) is 242 cm³/mol. The molecule has 0 aliphatic carbocycles. The Bertz CT molecular complexity index is 1920. The maximum Gasteiger partial charge on any atom is 0.0281 e. The van der Waals surface area contributed by atoms with Gasteiger partial charge in [0.2, 0.25) is 0 Å². The van der Waals surface area contributed by atoms with Gasteiger partial charge in [0, 0.05) is 36.8 Å². The van der Waals surface area contributed by atoms with Crippen LogP contribution in [0.1, 0.15) is 126 Å². The summed E-state index contributed by atoms with van der Waals surface area (Å²) in [5.41, 5.74) is 14.3. The Morgan fingerprint density at radius 3 is 1.04 bits per heavy atom. The third-order valence-corrected chi connectivity index (χ3v) is 10.9. The van der Waals surface area contributed by atoms with Crippen molar-refractivity contribution in [1.82, 2.24) is 0 Å². The highest BCUT2D eigenvalue weighted by molar-refractivity contribution is 9.11. The number of terminal acetylenes is 1. The van der Waals surface area contributed by atoms with Gasteiger partial charge in [-0.05, 0) is 166 Å². The lowest BCUT2D eigenvalue weighted by molar-refractivity contribution is 0.795. The summed E-state index contributed by atoms with van der Waals surface area (Å²) in [6.07, 6.45) is 16.2. The average molecular weight is 841 g/mol. The number of halogens is 2. The SMILES string of the molecule is C#Cc1ccc(CCCC)cc1.CCCCc1ccc(C#Cc2cc(C)c(C#Cc3ccc(CCCC)cc3)cc2C)cc1.Cc1cc(Br)c(C)cc1Br. The van der Waals surface area contributed by atoms with Crippen LogP contribution in [0.15, 0.2) is 106 Å². The highest BCUT2D eigenvalue weighted by Gasteiger charge is 2.02. The smallest absolute Gasteiger partial charge is 0.0281 e. The minimum atomic E-state index is 0.968. The summed E-state index contributed by atoms with van der Waals surface area (Å²) in [7, 11) is 0. The molecule has 5 aromatic rings. The molecular weight excluding hydrogens is 784 g/mol. The Labute approximate surface area is 344 Å². The molecule has 0 aliphatic heterocycles. The van der Waals surface area contributed by atoms with Crippen LogP contribution in [-0.2, 0) is 19.3 Å². The first kappa shape index (κ1) is 44.1. The molecule has 0 nitrogen and oxygen atoms in total. The van der Waals surface area contributed by atoms with Gasteiger partial charge >= 0.3 is 0 Å². The van der Waals surface area contributed by atoms with Crippen LogP contribution in [0.25, 0.3) is 0 Å². The molecule has 0 fully saturated rings. The quantitative estimate of drug-likeness (QED) is 0.130. The number of unbranched alkanes of at least 4 members (excludes halogenated alkanes) is 3. The normalized spacial score (nSPS) is 9.93. The van der Waals surface area contributed by atoms with Crippen LogP contribution < -0.4 is 0 Å². The summed E-state index contributed by atoms with van der Waals surface area (Å²) in [6.45, 7) is 15.0. The monoisotopic (exact) mass is 838 g/mol. The zero-order valence-electron chi connectivity index (χ0n) is 33.4.